The first-order valence-corrected chi connectivity index (χ1v) is 10.5. The zero-order chi connectivity index (χ0) is 21.0. The van der Waals surface area contributed by atoms with Crippen LogP contribution in [0.15, 0.2) is 41.3 Å². The first kappa shape index (κ1) is 19.1. The average molecular weight is 406 g/mol. The van der Waals surface area contributed by atoms with Crippen molar-refractivity contribution in [3.05, 3.63) is 69.5 Å². The summed E-state index contributed by atoms with van der Waals surface area (Å²) < 4.78 is 3.84. The van der Waals surface area contributed by atoms with Crippen LogP contribution in [0.3, 0.4) is 0 Å². The lowest BCUT2D eigenvalue weighted by molar-refractivity contribution is 0.0586. The number of likely N-dealkylation sites (tertiary alicyclic amines) is 1. The maximum Gasteiger partial charge on any atom is 0.272 e. The van der Waals surface area contributed by atoms with E-state index in [0.717, 1.165) is 29.0 Å². The summed E-state index contributed by atoms with van der Waals surface area (Å²) in [6.45, 7) is 4.54. The molecule has 0 aromatic carbocycles. The van der Waals surface area contributed by atoms with E-state index >= 15 is 0 Å². The summed E-state index contributed by atoms with van der Waals surface area (Å²) in [5.41, 5.74) is 4.20. The van der Waals surface area contributed by atoms with Gasteiger partial charge in [0, 0.05) is 49.6 Å². The van der Waals surface area contributed by atoms with Crippen molar-refractivity contribution in [3.8, 4) is 0 Å². The molecule has 0 unspecified atom stereocenters. The lowest BCUT2D eigenvalue weighted by Gasteiger charge is -2.43. The van der Waals surface area contributed by atoms with Crippen LogP contribution in [0, 0.1) is 12.8 Å². The summed E-state index contributed by atoms with van der Waals surface area (Å²) in [6.07, 6.45) is 2.93. The number of carbonyl (C=O) groups is 1. The molecular weight excluding hydrogens is 378 g/mol. The van der Waals surface area contributed by atoms with Crippen molar-refractivity contribution < 1.29 is 4.79 Å². The molecule has 2 atom stereocenters. The van der Waals surface area contributed by atoms with Crippen molar-refractivity contribution in [2.24, 2.45) is 5.92 Å². The first-order valence-electron chi connectivity index (χ1n) is 10.5. The molecule has 5 rings (SSSR count). The second-order valence-corrected chi connectivity index (χ2v) is 8.92. The van der Waals surface area contributed by atoms with Crippen LogP contribution in [0.25, 0.3) is 5.65 Å². The number of aromatic nitrogens is 3. The molecule has 2 aliphatic rings. The molecule has 5 heterocycles. The first-order chi connectivity index (χ1) is 14.4. The van der Waals surface area contributed by atoms with E-state index in [2.05, 4.69) is 11.1 Å². The standard InChI is InChI=1S/C23H27N5O2/c1-15-21(27-9-5-4-6-20(27)24-15)23(30)26-11-16-10-18(14-26)19-8-7-17(13-25(2)3)22(29)28(19)12-16/h4-9,16,18H,10-14H2,1-3H3/t16-,18+/m0/s1. The minimum absolute atomic E-state index is 0.0286. The van der Waals surface area contributed by atoms with Gasteiger partial charge in [-0.15, -0.1) is 0 Å². The van der Waals surface area contributed by atoms with Crippen LogP contribution in [0.2, 0.25) is 0 Å². The smallest absolute Gasteiger partial charge is 0.272 e. The van der Waals surface area contributed by atoms with Crippen molar-refractivity contribution in [1.82, 2.24) is 23.8 Å². The molecule has 1 fully saturated rings. The van der Waals surface area contributed by atoms with Gasteiger partial charge in [-0.1, -0.05) is 12.1 Å². The Morgan fingerprint density at radius 2 is 2.00 bits per heavy atom. The summed E-state index contributed by atoms with van der Waals surface area (Å²) in [7, 11) is 3.95. The third kappa shape index (κ3) is 3.04. The molecule has 0 N–H and O–H groups in total. The molecule has 30 heavy (non-hydrogen) atoms. The second kappa shape index (κ2) is 7.09. The predicted molar refractivity (Wildman–Crippen MR) is 115 cm³/mol. The van der Waals surface area contributed by atoms with Crippen LogP contribution in [0.4, 0.5) is 0 Å². The van der Waals surface area contributed by atoms with Gasteiger partial charge in [0.1, 0.15) is 11.3 Å². The fourth-order valence-corrected chi connectivity index (χ4v) is 5.14. The lowest BCUT2D eigenvalue weighted by atomic mass is 9.82. The van der Waals surface area contributed by atoms with Crippen LogP contribution in [0.1, 0.15) is 39.8 Å². The highest BCUT2D eigenvalue weighted by molar-refractivity contribution is 5.94. The fraction of sp³-hybridized carbons (Fsp3) is 0.435. The normalized spacial score (nSPS) is 20.6. The summed E-state index contributed by atoms with van der Waals surface area (Å²) in [5, 5.41) is 0. The Bertz CT molecular complexity index is 1190. The third-order valence-corrected chi connectivity index (χ3v) is 6.36. The minimum Gasteiger partial charge on any atom is -0.336 e. The summed E-state index contributed by atoms with van der Waals surface area (Å²) in [6, 6.07) is 9.82. The molecule has 0 spiro atoms. The number of pyridine rings is 2. The number of imidazole rings is 1. The van der Waals surface area contributed by atoms with Gasteiger partial charge in [0.05, 0.1) is 5.69 Å². The largest absolute Gasteiger partial charge is 0.336 e. The Balaban J connectivity index is 1.46. The number of rotatable bonds is 3. The molecule has 7 heteroatoms. The molecule has 0 radical (unpaired) electrons. The lowest BCUT2D eigenvalue weighted by Crippen LogP contribution is -2.49. The number of aryl methyl sites for hydroxylation is 1. The van der Waals surface area contributed by atoms with Gasteiger partial charge in [-0.3, -0.25) is 14.0 Å². The Hall–Kier alpha value is -2.93. The molecule has 3 aromatic rings. The predicted octanol–water partition coefficient (Wildman–Crippen LogP) is 2.13. The van der Waals surface area contributed by atoms with Crippen molar-refractivity contribution in [2.75, 3.05) is 27.2 Å². The highest BCUT2D eigenvalue weighted by atomic mass is 16.2. The van der Waals surface area contributed by atoms with E-state index in [0.29, 0.717) is 37.8 Å². The van der Waals surface area contributed by atoms with Crippen molar-refractivity contribution in [3.63, 3.8) is 0 Å². The Morgan fingerprint density at radius 1 is 1.17 bits per heavy atom. The van der Waals surface area contributed by atoms with Gasteiger partial charge in [-0.25, -0.2) is 4.98 Å². The molecule has 2 aliphatic heterocycles. The van der Waals surface area contributed by atoms with E-state index in [1.54, 1.807) is 0 Å². The Morgan fingerprint density at radius 3 is 2.80 bits per heavy atom. The average Bonchev–Trinajstić information content (AvgIpc) is 3.05. The maximum atomic E-state index is 13.5. The zero-order valence-corrected chi connectivity index (χ0v) is 17.7. The monoisotopic (exact) mass is 405 g/mol. The Labute approximate surface area is 175 Å². The molecule has 0 aliphatic carbocycles. The second-order valence-electron chi connectivity index (χ2n) is 8.92. The van der Waals surface area contributed by atoms with Gasteiger partial charge in [0.2, 0.25) is 0 Å². The highest BCUT2D eigenvalue weighted by Crippen LogP contribution is 2.36. The Kier molecular flexibility index (Phi) is 4.50. The highest BCUT2D eigenvalue weighted by Gasteiger charge is 2.37. The molecule has 3 aromatic heterocycles. The van der Waals surface area contributed by atoms with Crippen LogP contribution in [-0.4, -0.2) is 56.8 Å². The molecular formula is C23H27N5O2. The quantitative estimate of drug-likeness (QED) is 0.670. The van der Waals surface area contributed by atoms with Crippen molar-refractivity contribution in [1.29, 1.82) is 0 Å². The topological polar surface area (TPSA) is 62.9 Å². The van der Waals surface area contributed by atoms with E-state index in [4.69, 9.17) is 0 Å². The van der Waals surface area contributed by atoms with E-state index < -0.39 is 0 Å². The van der Waals surface area contributed by atoms with E-state index in [1.807, 2.05) is 70.2 Å². The molecule has 7 nitrogen and oxygen atoms in total. The van der Waals surface area contributed by atoms with Gasteiger partial charge < -0.3 is 14.4 Å². The summed E-state index contributed by atoms with van der Waals surface area (Å²) in [5.74, 6) is 0.523. The molecule has 0 saturated carbocycles. The van der Waals surface area contributed by atoms with Gasteiger partial charge >= 0.3 is 0 Å². The summed E-state index contributed by atoms with van der Waals surface area (Å²) >= 11 is 0. The number of fused-ring (bicyclic) bond motifs is 5. The third-order valence-electron chi connectivity index (χ3n) is 6.36. The van der Waals surface area contributed by atoms with E-state index in [-0.39, 0.29) is 17.4 Å². The van der Waals surface area contributed by atoms with Crippen LogP contribution in [0.5, 0.6) is 0 Å². The van der Waals surface area contributed by atoms with Gasteiger partial charge in [-0.05, 0) is 51.6 Å². The van der Waals surface area contributed by atoms with Crippen molar-refractivity contribution >= 4 is 11.6 Å². The maximum absolute atomic E-state index is 13.5. The molecule has 1 amide bonds. The summed E-state index contributed by atoms with van der Waals surface area (Å²) in [4.78, 5) is 35.0. The number of carbonyl (C=O) groups excluding carboxylic acids is 1. The van der Waals surface area contributed by atoms with Crippen LogP contribution in [-0.2, 0) is 13.1 Å². The molecule has 1 saturated heterocycles. The molecule has 156 valence electrons. The van der Waals surface area contributed by atoms with Crippen LogP contribution < -0.4 is 5.56 Å². The van der Waals surface area contributed by atoms with Gasteiger partial charge in [0.15, 0.2) is 0 Å². The van der Waals surface area contributed by atoms with E-state index in [1.165, 1.54) is 0 Å². The number of nitrogens with zero attached hydrogens (tertiary/aromatic N) is 5. The number of piperidine rings is 1. The number of amides is 1. The van der Waals surface area contributed by atoms with Gasteiger partial charge in [0.25, 0.3) is 11.5 Å². The molecule has 2 bridgehead atoms. The zero-order valence-electron chi connectivity index (χ0n) is 17.7. The van der Waals surface area contributed by atoms with Crippen molar-refractivity contribution in [2.45, 2.75) is 32.4 Å². The van der Waals surface area contributed by atoms with Crippen LogP contribution >= 0.6 is 0 Å². The fourth-order valence-electron chi connectivity index (χ4n) is 5.14. The SMILES string of the molecule is Cc1nc2ccccn2c1C(=O)N1C[C@@H]2C[C@H](C1)c1ccc(CN(C)C)c(=O)n1C2. The number of hydrogen-bond acceptors (Lipinski definition) is 4. The van der Waals surface area contributed by atoms with E-state index in [9.17, 15) is 9.59 Å². The minimum atomic E-state index is 0.0286. The number of hydrogen-bond donors (Lipinski definition) is 0. The van der Waals surface area contributed by atoms with Gasteiger partial charge in [-0.2, -0.15) is 0 Å².